The largest absolute Gasteiger partial charge is 0.395 e. The molecule has 2 atom stereocenters. The van der Waals surface area contributed by atoms with Crippen LogP contribution in [0.5, 0.6) is 0 Å². The SMILES string of the molecule is CC1CC(C)CN(C(=O)c2ccncc2C#CCCO)C1. The van der Waals surface area contributed by atoms with Gasteiger partial charge in [-0.15, -0.1) is 0 Å². The molecule has 4 heteroatoms. The second-order valence-corrected chi connectivity index (χ2v) is 5.85. The van der Waals surface area contributed by atoms with Gasteiger partial charge in [0.15, 0.2) is 0 Å². The number of hydrogen-bond donors (Lipinski definition) is 1. The van der Waals surface area contributed by atoms with Gasteiger partial charge in [0.2, 0.25) is 0 Å². The van der Waals surface area contributed by atoms with Gasteiger partial charge in [-0.1, -0.05) is 25.7 Å². The maximum absolute atomic E-state index is 12.7. The maximum Gasteiger partial charge on any atom is 0.255 e. The summed E-state index contributed by atoms with van der Waals surface area (Å²) in [5.74, 6) is 6.89. The van der Waals surface area contributed by atoms with E-state index in [-0.39, 0.29) is 12.5 Å². The monoisotopic (exact) mass is 286 g/mol. The number of aromatic nitrogens is 1. The van der Waals surface area contributed by atoms with E-state index in [1.54, 1.807) is 18.5 Å². The molecule has 0 radical (unpaired) electrons. The van der Waals surface area contributed by atoms with Crippen LogP contribution in [-0.4, -0.2) is 40.6 Å². The van der Waals surface area contributed by atoms with Gasteiger partial charge in [0.1, 0.15) is 0 Å². The minimum absolute atomic E-state index is 0.0255. The Hall–Kier alpha value is -1.86. The molecule has 1 aliphatic rings. The molecule has 1 amide bonds. The Morgan fingerprint density at radius 2 is 2.14 bits per heavy atom. The van der Waals surface area contributed by atoms with Crippen molar-refractivity contribution in [1.82, 2.24) is 9.88 Å². The highest BCUT2D eigenvalue weighted by Gasteiger charge is 2.27. The van der Waals surface area contributed by atoms with E-state index in [4.69, 9.17) is 5.11 Å². The van der Waals surface area contributed by atoms with Gasteiger partial charge in [0, 0.05) is 31.9 Å². The molecule has 1 aliphatic heterocycles. The fourth-order valence-corrected chi connectivity index (χ4v) is 2.89. The first-order valence-corrected chi connectivity index (χ1v) is 7.44. The summed E-state index contributed by atoms with van der Waals surface area (Å²) >= 11 is 0. The minimum atomic E-state index is 0.0255. The topological polar surface area (TPSA) is 53.4 Å². The summed E-state index contributed by atoms with van der Waals surface area (Å²) in [7, 11) is 0. The highest BCUT2D eigenvalue weighted by molar-refractivity contribution is 5.96. The first-order chi connectivity index (χ1) is 10.1. The predicted octanol–water partition coefficient (Wildman–Crippen LogP) is 1.93. The van der Waals surface area contributed by atoms with Gasteiger partial charge in [0.05, 0.1) is 17.7 Å². The van der Waals surface area contributed by atoms with Crippen LogP contribution in [0.1, 0.15) is 42.6 Å². The summed E-state index contributed by atoms with van der Waals surface area (Å²) < 4.78 is 0. The zero-order chi connectivity index (χ0) is 15.2. The van der Waals surface area contributed by atoms with E-state index in [2.05, 4.69) is 30.7 Å². The number of hydrogen-bond acceptors (Lipinski definition) is 3. The number of carbonyl (C=O) groups is 1. The van der Waals surface area contributed by atoms with E-state index in [0.717, 1.165) is 13.1 Å². The lowest BCUT2D eigenvalue weighted by molar-refractivity contribution is 0.0622. The van der Waals surface area contributed by atoms with E-state index in [1.165, 1.54) is 6.42 Å². The fourth-order valence-electron chi connectivity index (χ4n) is 2.89. The van der Waals surface area contributed by atoms with Crippen molar-refractivity contribution in [2.75, 3.05) is 19.7 Å². The van der Waals surface area contributed by atoms with Crippen LogP contribution in [0.25, 0.3) is 0 Å². The Bertz CT molecular complexity index is 549. The second kappa shape index (κ2) is 7.24. The maximum atomic E-state index is 12.7. The second-order valence-electron chi connectivity index (χ2n) is 5.85. The third kappa shape index (κ3) is 4.05. The zero-order valence-corrected chi connectivity index (χ0v) is 12.7. The molecule has 1 fully saturated rings. The van der Waals surface area contributed by atoms with Crippen LogP contribution >= 0.6 is 0 Å². The van der Waals surface area contributed by atoms with E-state index in [1.807, 2.05) is 4.90 Å². The summed E-state index contributed by atoms with van der Waals surface area (Å²) in [4.78, 5) is 18.7. The number of carbonyl (C=O) groups excluding carboxylic acids is 1. The molecule has 112 valence electrons. The van der Waals surface area contributed by atoms with Crippen molar-refractivity contribution >= 4 is 5.91 Å². The van der Waals surface area contributed by atoms with Crippen molar-refractivity contribution < 1.29 is 9.90 Å². The molecular formula is C17H22N2O2. The number of aliphatic hydroxyl groups excluding tert-OH is 1. The van der Waals surface area contributed by atoms with Crippen LogP contribution in [0.15, 0.2) is 18.5 Å². The number of rotatable bonds is 2. The Kier molecular flexibility index (Phi) is 5.35. The van der Waals surface area contributed by atoms with E-state index >= 15 is 0 Å². The summed E-state index contributed by atoms with van der Waals surface area (Å²) in [6.45, 7) is 6.00. The number of pyridine rings is 1. The predicted molar refractivity (Wildman–Crippen MR) is 81.7 cm³/mol. The Morgan fingerprint density at radius 3 is 2.81 bits per heavy atom. The van der Waals surface area contributed by atoms with Crippen LogP contribution in [0, 0.1) is 23.7 Å². The van der Waals surface area contributed by atoms with Gasteiger partial charge in [-0.3, -0.25) is 9.78 Å². The van der Waals surface area contributed by atoms with Gasteiger partial charge in [-0.05, 0) is 24.3 Å². The van der Waals surface area contributed by atoms with Crippen molar-refractivity contribution in [3.8, 4) is 11.8 Å². The molecule has 0 spiro atoms. The molecule has 2 unspecified atom stereocenters. The van der Waals surface area contributed by atoms with Crippen molar-refractivity contribution in [3.05, 3.63) is 29.6 Å². The quantitative estimate of drug-likeness (QED) is 0.845. The number of nitrogens with zero attached hydrogens (tertiary/aromatic N) is 2. The molecule has 1 saturated heterocycles. The molecule has 2 heterocycles. The summed E-state index contributed by atoms with van der Waals surface area (Å²) in [5, 5.41) is 8.79. The van der Waals surface area contributed by atoms with E-state index in [0.29, 0.717) is 29.4 Å². The highest BCUT2D eigenvalue weighted by atomic mass is 16.2. The molecule has 21 heavy (non-hydrogen) atoms. The first-order valence-electron chi connectivity index (χ1n) is 7.44. The number of likely N-dealkylation sites (tertiary alicyclic amines) is 1. The molecule has 1 aromatic rings. The molecule has 0 aliphatic carbocycles. The zero-order valence-electron chi connectivity index (χ0n) is 12.7. The van der Waals surface area contributed by atoms with Crippen molar-refractivity contribution in [2.24, 2.45) is 11.8 Å². The van der Waals surface area contributed by atoms with E-state index < -0.39 is 0 Å². The van der Waals surface area contributed by atoms with Crippen LogP contribution < -0.4 is 0 Å². The van der Waals surface area contributed by atoms with Crippen molar-refractivity contribution in [2.45, 2.75) is 26.7 Å². The molecule has 1 aromatic heterocycles. The number of amides is 1. The average Bonchev–Trinajstić information content (AvgIpc) is 2.46. The molecule has 0 saturated carbocycles. The lowest BCUT2D eigenvalue weighted by Gasteiger charge is -2.35. The van der Waals surface area contributed by atoms with Crippen LogP contribution in [0.2, 0.25) is 0 Å². The lowest BCUT2D eigenvalue weighted by Crippen LogP contribution is -2.42. The summed E-state index contributed by atoms with van der Waals surface area (Å²) in [5.41, 5.74) is 1.25. The molecule has 0 bridgehead atoms. The van der Waals surface area contributed by atoms with Crippen molar-refractivity contribution in [3.63, 3.8) is 0 Å². The number of piperidine rings is 1. The Morgan fingerprint density at radius 1 is 1.43 bits per heavy atom. The van der Waals surface area contributed by atoms with Crippen molar-refractivity contribution in [1.29, 1.82) is 0 Å². The number of aliphatic hydroxyl groups is 1. The third-order valence-corrected chi connectivity index (χ3v) is 3.67. The Labute approximate surface area is 126 Å². The van der Waals surface area contributed by atoms with Crippen LogP contribution in [0.3, 0.4) is 0 Å². The Balaban J connectivity index is 2.21. The molecule has 4 nitrogen and oxygen atoms in total. The standard InChI is InChI=1S/C17H22N2O2/c1-13-9-14(2)12-19(11-13)17(21)16-6-7-18-10-15(16)5-3-4-8-20/h6-7,10,13-14,20H,4,8-9,11-12H2,1-2H3. The van der Waals surface area contributed by atoms with Gasteiger partial charge >= 0.3 is 0 Å². The smallest absolute Gasteiger partial charge is 0.255 e. The molecule has 1 N–H and O–H groups in total. The van der Waals surface area contributed by atoms with Gasteiger partial charge < -0.3 is 10.0 Å². The average molecular weight is 286 g/mol. The lowest BCUT2D eigenvalue weighted by atomic mass is 9.91. The van der Waals surface area contributed by atoms with Gasteiger partial charge in [-0.25, -0.2) is 0 Å². The summed E-state index contributed by atoms with van der Waals surface area (Å²) in [6.07, 6.45) is 4.82. The molecule has 2 rings (SSSR count). The molecular weight excluding hydrogens is 264 g/mol. The molecule has 0 aromatic carbocycles. The third-order valence-electron chi connectivity index (χ3n) is 3.67. The van der Waals surface area contributed by atoms with Gasteiger partial charge in [-0.2, -0.15) is 0 Å². The summed E-state index contributed by atoms with van der Waals surface area (Å²) in [6, 6.07) is 1.73. The van der Waals surface area contributed by atoms with E-state index in [9.17, 15) is 4.79 Å². The normalized spacial score (nSPS) is 21.6. The van der Waals surface area contributed by atoms with Crippen LogP contribution in [-0.2, 0) is 0 Å². The van der Waals surface area contributed by atoms with Crippen LogP contribution in [0.4, 0.5) is 0 Å². The minimum Gasteiger partial charge on any atom is -0.395 e. The van der Waals surface area contributed by atoms with Gasteiger partial charge in [0.25, 0.3) is 5.91 Å². The fraction of sp³-hybridized carbons (Fsp3) is 0.529. The first kappa shape index (κ1) is 15.5. The highest BCUT2D eigenvalue weighted by Crippen LogP contribution is 2.23.